The number of guanidine groups is 1. The summed E-state index contributed by atoms with van der Waals surface area (Å²) in [5.74, 6) is 1.81. The highest BCUT2D eigenvalue weighted by Gasteiger charge is 2.20. The van der Waals surface area contributed by atoms with Gasteiger partial charge in [-0.2, -0.15) is 0 Å². The molecule has 0 radical (unpaired) electrons. The lowest BCUT2D eigenvalue weighted by molar-refractivity contribution is 0.119. The number of aryl methyl sites for hydroxylation is 1. The molecule has 0 spiro atoms. The first kappa shape index (κ1) is 17.4. The fraction of sp³-hybridized carbons (Fsp3) is 0.450. The van der Waals surface area contributed by atoms with Crippen LogP contribution in [0.2, 0.25) is 0 Å². The first-order valence-corrected chi connectivity index (χ1v) is 9.12. The van der Waals surface area contributed by atoms with Gasteiger partial charge in [0, 0.05) is 38.1 Å². The first-order chi connectivity index (χ1) is 12.2. The second-order valence-corrected chi connectivity index (χ2v) is 6.51. The van der Waals surface area contributed by atoms with Crippen LogP contribution in [-0.4, -0.2) is 23.2 Å². The molecule has 2 N–H and O–H groups in total. The highest BCUT2D eigenvalue weighted by atomic mass is 16.5. The fourth-order valence-corrected chi connectivity index (χ4v) is 2.78. The van der Waals surface area contributed by atoms with Crippen LogP contribution in [0.15, 0.2) is 47.7 Å². The maximum absolute atomic E-state index is 6.10. The molecule has 0 amide bonds. The Bertz CT molecular complexity index is 703. The number of hydrogen-bond donors (Lipinski definition) is 2. The summed E-state index contributed by atoms with van der Waals surface area (Å²) >= 11 is 0. The quantitative estimate of drug-likeness (QED) is 0.601. The predicted molar refractivity (Wildman–Crippen MR) is 102 cm³/mol. The van der Waals surface area contributed by atoms with E-state index in [1.165, 1.54) is 30.4 Å². The summed E-state index contributed by atoms with van der Waals surface area (Å²) in [7, 11) is 2.02. The molecule has 3 rings (SSSR count). The average Bonchev–Trinajstić information content (AvgIpc) is 3.00. The second kappa shape index (κ2) is 8.60. The van der Waals surface area contributed by atoms with Crippen molar-refractivity contribution in [3.63, 3.8) is 0 Å². The third-order valence-corrected chi connectivity index (χ3v) is 4.42. The third-order valence-electron chi connectivity index (χ3n) is 4.42. The van der Waals surface area contributed by atoms with Crippen LogP contribution >= 0.6 is 0 Å². The Morgan fingerprint density at radius 1 is 1.24 bits per heavy atom. The Kier molecular flexibility index (Phi) is 5.99. The number of nitrogens with zero attached hydrogens (tertiary/aromatic N) is 2. The molecule has 1 saturated carbocycles. The topological polar surface area (TPSA) is 50.6 Å². The van der Waals surface area contributed by atoms with Gasteiger partial charge in [0.05, 0.1) is 12.6 Å². The number of ether oxygens (including phenoxy) is 1. The van der Waals surface area contributed by atoms with Gasteiger partial charge in [-0.05, 0) is 43.9 Å². The van der Waals surface area contributed by atoms with E-state index in [0.717, 1.165) is 18.3 Å². The van der Waals surface area contributed by atoms with E-state index in [2.05, 4.69) is 53.0 Å². The molecule has 1 aromatic carbocycles. The molecule has 1 aliphatic rings. The minimum absolute atomic E-state index is 0.390. The van der Waals surface area contributed by atoms with E-state index in [-0.39, 0.29) is 0 Å². The summed E-state index contributed by atoms with van der Waals surface area (Å²) in [5.41, 5.74) is 2.37. The van der Waals surface area contributed by atoms with Crippen LogP contribution in [0.4, 0.5) is 0 Å². The zero-order valence-electron chi connectivity index (χ0n) is 15.2. The van der Waals surface area contributed by atoms with Crippen LogP contribution < -0.4 is 15.4 Å². The molecular weight excluding hydrogens is 312 g/mol. The predicted octanol–water partition coefficient (Wildman–Crippen LogP) is 3.21. The van der Waals surface area contributed by atoms with E-state index in [1.807, 2.05) is 23.9 Å². The van der Waals surface area contributed by atoms with Crippen molar-refractivity contribution in [1.82, 2.24) is 15.2 Å². The second-order valence-electron chi connectivity index (χ2n) is 6.51. The molecule has 0 bridgehead atoms. The maximum atomic E-state index is 6.10. The molecule has 0 unspecified atom stereocenters. The minimum Gasteiger partial charge on any atom is -0.490 e. The zero-order chi connectivity index (χ0) is 17.5. The summed E-state index contributed by atoms with van der Waals surface area (Å²) < 4.78 is 8.14. The molecule has 0 atom stereocenters. The van der Waals surface area contributed by atoms with E-state index >= 15 is 0 Å². The van der Waals surface area contributed by atoms with Gasteiger partial charge in [-0.1, -0.05) is 18.2 Å². The molecule has 0 aliphatic heterocycles. The number of benzene rings is 1. The number of para-hydroxylation sites is 1. The Morgan fingerprint density at radius 2 is 2.08 bits per heavy atom. The summed E-state index contributed by atoms with van der Waals surface area (Å²) in [5, 5.41) is 6.72. The summed E-state index contributed by atoms with van der Waals surface area (Å²) in [6.45, 7) is 4.27. The maximum Gasteiger partial charge on any atom is 0.191 e. The number of aromatic nitrogens is 1. The van der Waals surface area contributed by atoms with Crippen LogP contribution in [0.5, 0.6) is 5.75 Å². The van der Waals surface area contributed by atoms with Crippen LogP contribution in [0.3, 0.4) is 0 Å². The molecule has 0 saturated heterocycles. The van der Waals surface area contributed by atoms with Crippen molar-refractivity contribution in [1.29, 1.82) is 0 Å². The standard InChI is InChI=1S/C20H28N4O/c1-3-21-20(22-13-16-11-12-24(2)15-16)23-14-17-7-4-5-10-19(17)25-18-8-6-9-18/h4-5,7,10-12,15,18H,3,6,8-9,13-14H2,1-2H3,(H2,21,22,23). The van der Waals surface area contributed by atoms with Crippen molar-refractivity contribution >= 4 is 5.96 Å². The summed E-state index contributed by atoms with van der Waals surface area (Å²) in [6.07, 6.45) is 8.14. The van der Waals surface area contributed by atoms with Crippen molar-refractivity contribution in [2.75, 3.05) is 6.54 Å². The van der Waals surface area contributed by atoms with Gasteiger partial charge in [0.15, 0.2) is 5.96 Å². The van der Waals surface area contributed by atoms with Crippen LogP contribution in [-0.2, 0) is 20.1 Å². The van der Waals surface area contributed by atoms with Gasteiger partial charge in [-0.25, -0.2) is 4.99 Å². The molecule has 25 heavy (non-hydrogen) atoms. The number of rotatable bonds is 7. The van der Waals surface area contributed by atoms with Gasteiger partial charge in [-0.15, -0.1) is 0 Å². The molecule has 2 aromatic rings. The lowest BCUT2D eigenvalue weighted by Crippen LogP contribution is -2.37. The fourth-order valence-electron chi connectivity index (χ4n) is 2.78. The van der Waals surface area contributed by atoms with Gasteiger partial charge in [-0.3, -0.25) is 0 Å². The zero-order valence-corrected chi connectivity index (χ0v) is 15.2. The Hall–Kier alpha value is -2.43. The molecule has 1 aromatic heterocycles. The van der Waals surface area contributed by atoms with Gasteiger partial charge < -0.3 is 19.9 Å². The van der Waals surface area contributed by atoms with E-state index in [1.54, 1.807) is 0 Å². The van der Waals surface area contributed by atoms with E-state index in [0.29, 0.717) is 19.2 Å². The monoisotopic (exact) mass is 340 g/mol. The van der Waals surface area contributed by atoms with Crippen molar-refractivity contribution in [3.8, 4) is 5.75 Å². The van der Waals surface area contributed by atoms with E-state index < -0.39 is 0 Å². The summed E-state index contributed by atoms with van der Waals surface area (Å²) in [4.78, 5) is 4.67. The molecule has 1 aliphatic carbocycles. The van der Waals surface area contributed by atoms with Crippen molar-refractivity contribution in [2.24, 2.45) is 12.0 Å². The highest BCUT2D eigenvalue weighted by molar-refractivity contribution is 5.79. The third kappa shape index (κ3) is 5.02. The molecule has 1 fully saturated rings. The van der Waals surface area contributed by atoms with Gasteiger partial charge in [0.1, 0.15) is 5.75 Å². The molecule has 5 heteroatoms. The van der Waals surface area contributed by atoms with Gasteiger partial charge >= 0.3 is 0 Å². The van der Waals surface area contributed by atoms with Crippen molar-refractivity contribution < 1.29 is 4.74 Å². The van der Waals surface area contributed by atoms with E-state index in [4.69, 9.17) is 4.74 Å². The SMILES string of the molecule is CCNC(=NCc1ccn(C)c1)NCc1ccccc1OC1CCC1. The summed E-state index contributed by atoms with van der Waals surface area (Å²) in [6, 6.07) is 10.4. The van der Waals surface area contributed by atoms with Crippen molar-refractivity contribution in [2.45, 2.75) is 45.4 Å². The van der Waals surface area contributed by atoms with Gasteiger partial charge in [0.25, 0.3) is 0 Å². The molecular formula is C20H28N4O. The van der Waals surface area contributed by atoms with Crippen LogP contribution in [0, 0.1) is 0 Å². The lowest BCUT2D eigenvalue weighted by Gasteiger charge is -2.27. The normalized spacial score (nSPS) is 14.9. The van der Waals surface area contributed by atoms with Gasteiger partial charge in [0.2, 0.25) is 0 Å². The number of hydrogen-bond acceptors (Lipinski definition) is 2. The van der Waals surface area contributed by atoms with Crippen LogP contribution in [0.1, 0.15) is 37.3 Å². The average molecular weight is 340 g/mol. The Labute approximate surface area is 150 Å². The molecule has 1 heterocycles. The van der Waals surface area contributed by atoms with Crippen LogP contribution in [0.25, 0.3) is 0 Å². The molecule has 5 nitrogen and oxygen atoms in total. The smallest absolute Gasteiger partial charge is 0.191 e. The minimum atomic E-state index is 0.390. The number of nitrogens with one attached hydrogen (secondary N) is 2. The largest absolute Gasteiger partial charge is 0.490 e. The molecule has 134 valence electrons. The Morgan fingerprint density at radius 3 is 2.76 bits per heavy atom. The highest BCUT2D eigenvalue weighted by Crippen LogP contribution is 2.27. The lowest BCUT2D eigenvalue weighted by atomic mass is 9.96. The first-order valence-electron chi connectivity index (χ1n) is 9.12. The Balaban J connectivity index is 1.60. The van der Waals surface area contributed by atoms with Crippen molar-refractivity contribution in [3.05, 3.63) is 53.9 Å². The number of aliphatic imine (C=N–C) groups is 1. The van der Waals surface area contributed by atoms with E-state index in [9.17, 15) is 0 Å².